The molecule has 1 N–H and O–H groups in total. The predicted octanol–water partition coefficient (Wildman–Crippen LogP) is 2.66. The number of nitrogens with zero attached hydrogens (tertiary/aromatic N) is 3. The van der Waals surface area contributed by atoms with Gasteiger partial charge >= 0.3 is 0 Å². The third-order valence-electron chi connectivity index (χ3n) is 5.60. The molecule has 30 heavy (non-hydrogen) atoms. The van der Waals surface area contributed by atoms with E-state index in [1.807, 2.05) is 42.5 Å². The lowest BCUT2D eigenvalue weighted by Crippen LogP contribution is -2.54. The van der Waals surface area contributed by atoms with Crippen molar-refractivity contribution < 1.29 is 14.3 Å². The largest absolute Gasteiger partial charge is 0.454 e. The highest BCUT2D eigenvalue weighted by atomic mass is 35.5. The van der Waals surface area contributed by atoms with Gasteiger partial charge in [0.15, 0.2) is 5.75 Å². The topological polar surface area (TPSA) is 66.4 Å². The van der Waals surface area contributed by atoms with Gasteiger partial charge in [0.05, 0.1) is 12.2 Å². The molecule has 0 aromatic heterocycles. The molecule has 0 spiro atoms. The van der Waals surface area contributed by atoms with Crippen LogP contribution >= 0.6 is 11.6 Å². The number of benzene rings is 2. The van der Waals surface area contributed by atoms with Gasteiger partial charge in [-0.15, -0.1) is 0 Å². The first-order chi connectivity index (χ1) is 14.7. The molecule has 0 bridgehead atoms. The standard InChI is InChI=1S/C22H23ClN4O3/c23-15-5-6-18-16(13-15)21(25-17-3-1-2-4-19(17)30-18)27-10-8-26(9-11-27)14-20-22(28)24-7-12-29-20/h1-6,13,20H,7-12,14H2,(H,24,28). The highest BCUT2D eigenvalue weighted by Crippen LogP contribution is 2.38. The fraction of sp³-hybridized carbons (Fsp3) is 0.364. The predicted molar refractivity (Wildman–Crippen MR) is 115 cm³/mol. The lowest BCUT2D eigenvalue weighted by Gasteiger charge is -2.38. The van der Waals surface area contributed by atoms with Crippen molar-refractivity contribution in [2.45, 2.75) is 6.10 Å². The minimum absolute atomic E-state index is 0.0193. The van der Waals surface area contributed by atoms with Crippen LogP contribution in [0.1, 0.15) is 5.56 Å². The van der Waals surface area contributed by atoms with Crippen LogP contribution in [0, 0.1) is 0 Å². The number of hydrogen-bond donors (Lipinski definition) is 1. The minimum Gasteiger partial charge on any atom is -0.454 e. The third-order valence-corrected chi connectivity index (χ3v) is 5.84. The molecule has 0 saturated carbocycles. The van der Waals surface area contributed by atoms with Gasteiger partial charge < -0.3 is 19.7 Å². The van der Waals surface area contributed by atoms with Gasteiger partial charge in [0.1, 0.15) is 23.4 Å². The summed E-state index contributed by atoms with van der Waals surface area (Å²) in [6, 6.07) is 13.4. The average molecular weight is 427 g/mol. The van der Waals surface area contributed by atoms with Crippen molar-refractivity contribution in [2.24, 2.45) is 4.99 Å². The van der Waals surface area contributed by atoms with Crippen LogP contribution < -0.4 is 10.1 Å². The summed E-state index contributed by atoms with van der Waals surface area (Å²) in [5.74, 6) is 2.32. The number of ether oxygens (including phenoxy) is 2. The monoisotopic (exact) mass is 426 g/mol. The van der Waals surface area contributed by atoms with Gasteiger partial charge in [0.25, 0.3) is 5.91 Å². The fourth-order valence-electron chi connectivity index (χ4n) is 4.01. The lowest BCUT2D eigenvalue weighted by atomic mass is 10.1. The van der Waals surface area contributed by atoms with Crippen molar-refractivity contribution in [2.75, 3.05) is 45.9 Å². The number of amides is 1. The Balaban J connectivity index is 1.37. The van der Waals surface area contributed by atoms with Gasteiger partial charge in [-0.3, -0.25) is 9.69 Å². The number of piperazine rings is 1. The lowest BCUT2D eigenvalue weighted by molar-refractivity contribution is -0.139. The van der Waals surface area contributed by atoms with E-state index in [-0.39, 0.29) is 12.0 Å². The molecule has 2 fully saturated rings. The highest BCUT2D eigenvalue weighted by Gasteiger charge is 2.29. The third kappa shape index (κ3) is 3.88. The molecule has 5 rings (SSSR count). The number of halogens is 1. The molecule has 2 aromatic carbocycles. The number of aliphatic imine (C=N–C) groups is 1. The summed E-state index contributed by atoms with van der Waals surface area (Å²) in [5, 5.41) is 3.52. The van der Waals surface area contributed by atoms with Crippen molar-refractivity contribution in [1.82, 2.24) is 15.1 Å². The molecule has 1 unspecified atom stereocenters. The van der Waals surface area contributed by atoms with Gasteiger partial charge in [-0.1, -0.05) is 23.7 Å². The number of morpholine rings is 1. The summed E-state index contributed by atoms with van der Waals surface area (Å²) in [4.78, 5) is 21.5. The van der Waals surface area contributed by atoms with Crippen LogP contribution in [0.4, 0.5) is 5.69 Å². The van der Waals surface area contributed by atoms with Crippen molar-refractivity contribution in [3.05, 3.63) is 53.1 Å². The first-order valence-corrected chi connectivity index (χ1v) is 10.6. The van der Waals surface area contributed by atoms with Crippen molar-refractivity contribution in [1.29, 1.82) is 0 Å². The maximum Gasteiger partial charge on any atom is 0.250 e. The Morgan fingerprint density at radius 2 is 1.93 bits per heavy atom. The first kappa shape index (κ1) is 19.4. The van der Waals surface area contributed by atoms with E-state index in [1.165, 1.54) is 0 Å². The van der Waals surface area contributed by atoms with Crippen molar-refractivity contribution in [3.63, 3.8) is 0 Å². The molecule has 2 aromatic rings. The van der Waals surface area contributed by atoms with Crippen LogP contribution in [0.3, 0.4) is 0 Å². The molecule has 8 heteroatoms. The second-order valence-electron chi connectivity index (χ2n) is 7.58. The van der Waals surface area contributed by atoms with Crippen LogP contribution in [0.2, 0.25) is 5.02 Å². The Labute approximate surface area is 180 Å². The maximum atomic E-state index is 12.0. The molecule has 1 amide bonds. The quantitative estimate of drug-likeness (QED) is 0.799. The van der Waals surface area contributed by atoms with Crippen molar-refractivity contribution >= 4 is 29.0 Å². The smallest absolute Gasteiger partial charge is 0.250 e. The van der Waals surface area contributed by atoms with Gasteiger partial charge in [0.2, 0.25) is 0 Å². The SMILES string of the molecule is O=C1NCCOC1CN1CCN(C2=Nc3ccccc3Oc3ccc(Cl)cc32)CC1. The van der Waals surface area contributed by atoms with Crippen LogP contribution in [-0.2, 0) is 9.53 Å². The minimum atomic E-state index is -0.389. The van der Waals surface area contributed by atoms with Crippen LogP contribution in [0.25, 0.3) is 0 Å². The number of rotatable bonds is 2. The first-order valence-electron chi connectivity index (χ1n) is 10.2. The zero-order valence-electron chi connectivity index (χ0n) is 16.5. The number of carbonyl (C=O) groups excluding carboxylic acids is 1. The number of para-hydroxylation sites is 2. The maximum absolute atomic E-state index is 12.0. The van der Waals surface area contributed by atoms with E-state index in [0.717, 1.165) is 54.8 Å². The Hall–Kier alpha value is -2.61. The van der Waals surface area contributed by atoms with Gasteiger partial charge in [-0.2, -0.15) is 0 Å². The van der Waals surface area contributed by atoms with Crippen molar-refractivity contribution in [3.8, 4) is 11.5 Å². The Bertz CT molecular complexity index is 988. The second-order valence-corrected chi connectivity index (χ2v) is 8.02. The number of hydrogen-bond acceptors (Lipinski definition) is 6. The van der Waals surface area contributed by atoms with E-state index in [9.17, 15) is 4.79 Å². The fourth-order valence-corrected chi connectivity index (χ4v) is 4.19. The number of fused-ring (bicyclic) bond motifs is 2. The van der Waals surface area contributed by atoms with E-state index in [2.05, 4.69) is 15.1 Å². The number of nitrogens with one attached hydrogen (secondary N) is 1. The molecule has 7 nitrogen and oxygen atoms in total. The number of carbonyl (C=O) groups is 1. The Kier molecular flexibility index (Phi) is 5.33. The molecule has 0 aliphatic carbocycles. The van der Waals surface area contributed by atoms with E-state index in [4.69, 9.17) is 26.1 Å². The summed E-state index contributed by atoms with van der Waals surface area (Å²) in [6.07, 6.45) is -0.389. The highest BCUT2D eigenvalue weighted by molar-refractivity contribution is 6.31. The zero-order chi connectivity index (χ0) is 20.5. The van der Waals surface area contributed by atoms with Gasteiger partial charge in [-0.05, 0) is 30.3 Å². The van der Waals surface area contributed by atoms with E-state index >= 15 is 0 Å². The molecule has 0 radical (unpaired) electrons. The van der Waals surface area contributed by atoms with E-state index in [1.54, 1.807) is 0 Å². The summed E-state index contributed by atoms with van der Waals surface area (Å²) in [5.41, 5.74) is 1.69. The molecule has 156 valence electrons. The van der Waals surface area contributed by atoms with Gasteiger partial charge in [0, 0.05) is 44.3 Å². The summed E-state index contributed by atoms with van der Waals surface area (Å²) in [6.45, 7) is 5.01. The molecule has 1 atom stereocenters. The van der Waals surface area contributed by atoms with Crippen LogP contribution in [-0.4, -0.2) is 73.5 Å². The number of amidine groups is 1. The van der Waals surface area contributed by atoms with E-state index in [0.29, 0.717) is 24.7 Å². The second kappa shape index (κ2) is 8.26. The normalized spacial score (nSPS) is 21.6. The van der Waals surface area contributed by atoms with E-state index < -0.39 is 0 Å². The average Bonchev–Trinajstić information content (AvgIpc) is 2.92. The molecule has 3 aliphatic rings. The van der Waals surface area contributed by atoms with Crippen LogP contribution in [0.5, 0.6) is 11.5 Å². The Morgan fingerprint density at radius 3 is 2.77 bits per heavy atom. The molecule has 3 aliphatic heterocycles. The Morgan fingerprint density at radius 1 is 1.10 bits per heavy atom. The molecule has 2 saturated heterocycles. The summed E-state index contributed by atoms with van der Waals surface area (Å²) >= 11 is 6.30. The zero-order valence-corrected chi connectivity index (χ0v) is 17.3. The summed E-state index contributed by atoms with van der Waals surface area (Å²) < 4.78 is 11.8. The molecular weight excluding hydrogens is 404 g/mol. The molecular formula is C22H23ClN4O3. The van der Waals surface area contributed by atoms with Gasteiger partial charge in [-0.25, -0.2) is 4.99 Å². The van der Waals surface area contributed by atoms with Crippen LogP contribution in [0.15, 0.2) is 47.5 Å². The summed E-state index contributed by atoms with van der Waals surface area (Å²) in [7, 11) is 0. The molecule has 3 heterocycles.